The molecule has 8 heteroatoms. The molecular weight excluding hydrogens is 330 g/mol. The molecule has 8 nitrogen and oxygen atoms in total. The van der Waals surface area contributed by atoms with Gasteiger partial charge in [-0.15, -0.1) is 0 Å². The van der Waals surface area contributed by atoms with Crippen LogP contribution in [0.4, 0.5) is 17.5 Å². The number of aromatic nitrogens is 4. The number of rotatable bonds is 5. The summed E-state index contributed by atoms with van der Waals surface area (Å²) in [7, 11) is 1.82. The molecular formula is C18H23N7O. The third kappa shape index (κ3) is 3.61. The number of piperidine rings is 1. The number of nitrogens with zero attached hydrogens (tertiary/aromatic N) is 4. The van der Waals surface area contributed by atoms with E-state index in [1.807, 2.05) is 19.2 Å². The van der Waals surface area contributed by atoms with E-state index in [0.717, 1.165) is 43.7 Å². The Labute approximate surface area is 151 Å². The van der Waals surface area contributed by atoms with Crippen molar-refractivity contribution in [3.8, 4) is 0 Å². The van der Waals surface area contributed by atoms with Crippen LogP contribution in [0.5, 0.6) is 0 Å². The Kier molecular flexibility index (Phi) is 4.68. The molecule has 0 aliphatic carbocycles. The monoisotopic (exact) mass is 353 g/mol. The second-order valence-electron chi connectivity index (χ2n) is 6.60. The van der Waals surface area contributed by atoms with Crippen LogP contribution in [0.3, 0.4) is 0 Å². The summed E-state index contributed by atoms with van der Waals surface area (Å²) in [4.78, 5) is 18.5. The minimum Gasteiger partial charge on any atom is -0.392 e. The first-order valence-corrected chi connectivity index (χ1v) is 8.86. The van der Waals surface area contributed by atoms with Crippen molar-refractivity contribution in [2.24, 2.45) is 0 Å². The molecule has 0 amide bonds. The fraction of sp³-hybridized carbons (Fsp3) is 0.389. The average molecular weight is 353 g/mol. The van der Waals surface area contributed by atoms with E-state index in [1.54, 1.807) is 6.33 Å². The maximum absolute atomic E-state index is 9.84. The zero-order valence-electron chi connectivity index (χ0n) is 14.7. The van der Waals surface area contributed by atoms with Crippen molar-refractivity contribution in [1.82, 2.24) is 24.8 Å². The fourth-order valence-electron chi connectivity index (χ4n) is 3.38. The van der Waals surface area contributed by atoms with E-state index >= 15 is 0 Å². The SMILES string of the molecule is CNc1nc(Nc2cccc(CN3CCCC(O)C3)c2)nc2nc[nH]c12. The Morgan fingerprint density at radius 3 is 3.12 bits per heavy atom. The quantitative estimate of drug-likeness (QED) is 0.557. The molecule has 2 aromatic heterocycles. The minimum absolute atomic E-state index is 0.209. The van der Waals surface area contributed by atoms with E-state index in [4.69, 9.17) is 0 Å². The molecule has 1 aromatic carbocycles. The number of fused-ring (bicyclic) bond motifs is 1. The van der Waals surface area contributed by atoms with Crippen LogP contribution in [0, 0.1) is 0 Å². The topological polar surface area (TPSA) is 102 Å². The van der Waals surface area contributed by atoms with Crippen molar-refractivity contribution in [2.45, 2.75) is 25.5 Å². The van der Waals surface area contributed by atoms with Crippen molar-refractivity contribution >= 4 is 28.6 Å². The number of β-amino-alcohol motifs (C(OH)–C–C–N with tert-alkyl or cyclic N) is 1. The van der Waals surface area contributed by atoms with Gasteiger partial charge in [0.15, 0.2) is 11.5 Å². The molecule has 136 valence electrons. The van der Waals surface area contributed by atoms with Crippen molar-refractivity contribution in [3.05, 3.63) is 36.2 Å². The minimum atomic E-state index is -0.209. The summed E-state index contributed by atoms with van der Waals surface area (Å²) in [6.07, 6.45) is 3.35. The molecule has 1 aliphatic rings. The van der Waals surface area contributed by atoms with Gasteiger partial charge in [-0.1, -0.05) is 12.1 Å². The van der Waals surface area contributed by atoms with Crippen molar-refractivity contribution in [2.75, 3.05) is 30.8 Å². The molecule has 0 spiro atoms. The van der Waals surface area contributed by atoms with Gasteiger partial charge in [0.2, 0.25) is 5.95 Å². The Balaban J connectivity index is 1.52. The van der Waals surface area contributed by atoms with Crippen LogP contribution >= 0.6 is 0 Å². The Morgan fingerprint density at radius 1 is 1.35 bits per heavy atom. The predicted octanol–water partition coefficient (Wildman–Crippen LogP) is 2.09. The third-order valence-corrected chi connectivity index (χ3v) is 4.59. The fourth-order valence-corrected chi connectivity index (χ4v) is 3.38. The first-order chi connectivity index (χ1) is 12.7. The van der Waals surface area contributed by atoms with E-state index in [9.17, 15) is 5.11 Å². The summed E-state index contributed by atoms with van der Waals surface area (Å²) in [6, 6.07) is 8.21. The van der Waals surface area contributed by atoms with Gasteiger partial charge in [0.05, 0.1) is 12.4 Å². The zero-order chi connectivity index (χ0) is 17.9. The summed E-state index contributed by atoms with van der Waals surface area (Å²) < 4.78 is 0. The van der Waals surface area contributed by atoms with Crippen LogP contribution in [0.1, 0.15) is 18.4 Å². The summed E-state index contributed by atoms with van der Waals surface area (Å²) in [5.41, 5.74) is 3.52. The molecule has 4 N–H and O–H groups in total. The summed E-state index contributed by atoms with van der Waals surface area (Å²) >= 11 is 0. The molecule has 0 radical (unpaired) electrons. The van der Waals surface area contributed by atoms with Gasteiger partial charge in [-0.2, -0.15) is 9.97 Å². The second-order valence-corrected chi connectivity index (χ2v) is 6.60. The lowest BCUT2D eigenvalue weighted by Crippen LogP contribution is -2.37. The highest BCUT2D eigenvalue weighted by molar-refractivity contribution is 5.83. The van der Waals surface area contributed by atoms with Gasteiger partial charge in [-0.3, -0.25) is 4.90 Å². The van der Waals surface area contributed by atoms with Gasteiger partial charge in [0.25, 0.3) is 0 Å². The van der Waals surface area contributed by atoms with Crippen molar-refractivity contribution in [1.29, 1.82) is 0 Å². The maximum Gasteiger partial charge on any atom is 0.231 e. The number of H-pyrrole nitrogens is 1. The van der Waals surface area contributed by atoms with Gasteiger partial charge >= 0.3 is 0 Å². The van der Waals surface area contributed by atoms with Crippen LogP contribution in [0.15, 0.2) is 30.6 Å². The molecule has 3 heterocycles. The summed E-state index contributed by atoms with van der Waals surface area (Å²) in [5, 5.41) is 16.2. The number of aliphatic hydroxyl groups excluding tert-OH is 1. The summed E-state index contributed by atoms with van der Waals surface area (Å²) in [5.74, 6) is 1.20. The number of hydrogen-bond donors (Lipinski definition) is 4. The highest BCUT2D eigenvalue weighted by atomic mass is 16.3. The lowest BCUT2D eigenvalue weighted by Gasteiger charge is -2.30. The van der Waals surface area contributed by atoms with Gasteiger partial charge in [-0.25, -0.2) is 4.98 Å². The smallest absolute Gasteiger partial charge is 0.231 e. The normalized spacial score (nSPS) is 18.2. The summed E-state index contributed by atoms with van der Waals surface area (Å²) in [6.45, 7) is 2.59. The van der Waals surface area contributed by atoms with Crippen LogP contribution in [-0.4, -0.2) is 56.2 Å². The van der Waals surface area contributed by atoms with Crippen molar-refractivity contribution in [3.63, 3.8) is 0 Å². The van der Waals surface area contributed by atoms with E-state index in [-0.39, 0.29) is 6.10 Å². The molecule has 0 bridgehead atoms. The second kappa shape index (κ2) is 7.27. The molecule has 1 saturated heterocycles. The van der Waals surface area contributed by atoms with Gasteiger partial charge in [0, 0.05) is 25.8 Å². The van der Waals surface area contributed by atoms with E-state index in [0.29, 0.717) is 17.4 Å². The van der Waals surface area contributed by atoms with Crippen LogP contribution < -0.4 is 10.6 Å². The number of nitrogens with one attached hydrogen (secondary N) is 3. The van der Waals surface area contributed by atoms with E-state index in [1.165, 1.54) is 5.56 Å². The first-order valence-electron chi connectivity index (χ1n) is 8.86. The Hall–Kier alpha value is -2.71. The Bertz CT molecular complexity index is 894. The van der Waals surface area contributed by atoms with E-state index < -0.39 is 0 Å². The maximum atomic E-state index is 9.84. The molecule has 1 atom stereocenters. The molecule has 0 saturated carbocycles. The standard InChI is InChI=1S/C18H23N7O/c1-19-16-15-17(21-11-20-15)24-18(23-16)22-13-5-2-4-12(8-13)9-25-7-3-6-14(26)10-25/h2,4-5,8,11,14,26H,3,6-7,9-10H2,1H3,(H3,19,20,21,22,23,24). The van der Waals surface area contributed by atoms with Crippen LogP contribution in [0.2, 0.25) is 0 Å². The van der Waals surface area contributed by atoms with Gasteiger partial charge < -0.3 is 20.7 Å². The predicted molar refractivity (Wildman–Crippen MR) is 101 cm³/mol. The van der Waals surface area contributed by atoms with E-state index in [2.05, 4.69) is 47.6 Å². The lowest BCUT2D eigenvalue weighted by molar-refractivity contribution is 0.0668. The number of hydrogen-bond acceptors (Lipinski definition) is 7. The number of anilines is 3. The highest BCUT2D eigenvalue weighted by Crippen LogP contribution is 2.22. The average Bonchev–Trinajstić information content (AvgIpc) is 3.10. The highest BCUT2D eigenvalue weighted by Gasteiger charge is 2.17. The Morgan fingerprint density at radius 2 is 2.27 bits per heavy atom. The van der Waals surface area contributed by atoms with Crippen LogP contribution in [0.25, 0.3) is 11.2 Å². The molecule has 1 aliphatic heterocycles. The van der Waals surface area contributed by atoms with Crippen LogP contribution in [-0.2, 0) is 6.54 Å². The molecule has 26 heavy (non-hydrogen) atoms. The lowest BCUT2D eigenvalue weighted by atomic mass is 10.1. The molecule has 1 unspecified atom stereocenters. The number of aliphatic hydroxyl groups is 1. The number of likely N-dealkylation sites (tertiary alicyclic amines) is 1. The number of imidazole rings is 1. The molecule has 3 aromatic rings. The van der Waals surface area contributed by atoms with Gasteiger partial charge in [0.1, 0.15) is 5.52 Å². The first kappa shape index (κ1) is 16.7. The molecule has 4 rings (SSSR count). The number of benzene rings is 1. The van der Waals surface area contributed by atoms with Crippen molar-refractivity contribution < 1.29 is 5.11 Å². The molecule has 1 fully saturated rings. The third-order valence-electron chi connectivity index (χ3n) is 4.59. The largest absolute Gasteiger partial charge is 0.392 e. The van der Waals surface area contributed by atoms with Gasteiger partial charge in [-0.05, 0) is 37.1 Å². The zero-order valence-corrected chi connectivity index (χ0v) is 14.7. The number of aromatic amines is 1.